The van der Waals surface area contributed by atoms with Crippen molar-refractivity contribution in [1.82, 2.24) is 10.2 Å². The average Bonchev–Trinajstić information content (AvgIpc) is 2.71. The molecule has 1 atom stereocenters. The smallest absolute Gasteiger partial charge is 0.244 e. The summed E-state index contributed by atoms with van der Waals surface area (Å²) in [4.78, 5) is 26.7. The SMILES string of the molecule is CNC(=O)C(C)N(CCc1ccccc1)C(=O)CN(c1ccccc1)S(C)(=O)=O. The van der Waals surface area contributed by atoms with Gasteiger partial charge < -0.3 is 10.2 Å². The van der Waals surface area contributed by atoms with Crippen LogP contribution in [0, 0.1) is 0 Å². The third kappa shape index (κ3) is 6.32. The minimum atomic E-state index is -3.68. The van der Waals surface area contributed by atoms with Gasteiger partial charge in [-0.2, -0.15) is 0 Å². The molecule has 0 radical (unpaired) electrons. The maximum Gasteiger partial charge on any atom is 0.244 e. The number of amides is 2. The van der Waals surface area contributed by atoms with Gasteiger partial charge in [-0.15, -0.1) is 0 Å². The minimum Gasteiger partial charge on any atom is -0.357 e. The predicted molar refractivity (Wildman–Crippen MR) is 114 cm³/mol. The Morgan fingerprint density at radius 1 is 1.00 bits per heavy atom. The predicted octanol–water partition coefficient (Wildman–Crippen LogP) is 1.66. The van der Waals surface area contributed by atoms with Crippen LogP contribution in [0.2, 0.25) is 0 Å². The zero-order valence-corrected chi connectivity index (χ0v) is 17.7. The van der Waals surface area contributed by atoms with Gasteiger partial charge in [0, 0.05) is 13.6 Å². The second kappa shape index (κ2) is 10.1. The Balaban J connectivity index is 2.25. The number of sulfonamides is 1. The van der Waals surface area contributed by atoms with Gasteiger partial charge in [0.2, 0.25) is 21.8 Å². The van der Waals surface area contributed by atoms with Gasteiger partial charge in [0.05, 0.1) is 11.9 Å². The van der Waals surface area contributed by atoms with Crippen molar-refractivity contribution >= 4 is 27.5 Å². The van der Waals surface area contributed by atoms with E-state index in [1.165, 1.54) is 11.9 Å². The number of nitrogens with one attached hydrogen (secondary N) is 1. The van der Waals surface area contributed by atoms with Crippen LogP contribution < -0.4 is 9.62 Å². The van der Waals surface area contributed by atoms with Crippen molar-refractivity contribution in [2.45, 2.75) is 19.4 Å². The molecule has 0 spiro atoms. The summed E-state index contributed by atoms with van der Waals surface area (Å²) < 4.78 is 25.7. The number of rotatable bonds is 9. The summed E-state index contributed by atoms with van der Waals surface area (Å²) in [5, 5.41) is 2.55. The first-order valence-corrected chi connectivity index (χ1v) is 11.2. The average molecular weight is 418 g/mol. The number of nitrogens with zero attached hydrogens (tertiary/aromatic N) is 2. The van der Waals surface area contributed by atoms with Crippen molar-refractivity contribution in [2.75, 3.05) is 30.7 Å². The first-order valence-electron chi connectivity index (χ1n) is 9.31. The maximum absolute atomic E-state index is 13.1. The summed E-state index contributed by atoms with van der Waals surface area (Å²) in [7, 11) is -2.17. The number of hydrogen-bond donors (Lipinski definition) is 1. The minimum absolute atomic E-state index is 0.295. The van der Waals surface area contributed by atoms with E-state index in [2.05, 4.69) is 5.32 Å². The molecule has 8 heteroatoms. The number of carbonyl (C=O) groups excluding carboxylic acids is 2. The van der Waals surface area contributed by atoms with Crippen LogP contribution in [0.4, 0.5) is 5.69 Å². The number of carbonyl (C=O) groups is 2. The highest BCUT2D eigenvalue weighted by molar-refractivity contribution is 7.92. The summed E-state index contributed by atoms with van der Waals surface area (Å²) in [6.45, 7) is 1.55. The normalized spacial score (nSPS) is 12.1. The lowest BCUT2D eigenvalue weighted by molar-refractivity contribution is -0.138. The van der Waals surface area contributed by atoms with Gasteiger partial charge in [-0.1, -0.05) is 48.5 Å². The summed E-state index contributed by atoms with van der Waals surface area (Å²) in [5.74, 6) is -0.747. The molecule has 0 saturated carbocycles. The van der Waals surface area contributed by atoms with E-state index >= 15 is 0 Å². The van der Waals surface area contributed by atoms with Crippen molar-refractivity contribution in [3.8, 4) is 0 Å². The summed E-state index contributed by atoms with van der Waals surface area (Å²) in [6, 6.07) is 17.3. The molecule has 2 aromatic carbocycles. The Hall–Kier alpha value is -2.87. The molecule has 2 aromatic rings. The second-order valence-corrected chi connectivity index (χ2v) is 8.62. The molecular formula is C21H27N3O4S. The van der Waals surface area contributed by atoms with Crippen molar-refractivity contribution < 1.29 is 18.0 Å². The molecule has 0 heterocycles. The van der Waals surface area contributed by atoms with Crippen molar-refractivity contribution in [3.05, 3.63) is 66.2 Å². The third-order valence-electron chi connectivity index (χ3n) is 4.62. The Morgan fingerprint density at radius 3 is 2.07 bits per heavy atom. The quantitative estimate of drug-likeness (QED) is 0.672. The molecule has 0 fully saturated rings. The highest BCUT2D eigenvalue weighted by Gasteiger charge is 2.29. The van der Waals surface area contributed by atoms with E-state index in [-0.39, 0.29) is 12.5 Å². The Morgan fingerprint density at radius 2 is 1.55 bits per heavy atom. The largest absolute Gasteiger partial charge is 0.357 e. The molecule has 7 nitrogen and oxygen atoms in total. The Bertz CT molecular complexity index is 917. The van der Waals surface area contributed by atoms with Gasteiger partial charge in [0.25, 0.3) is 0 Å². The molecule has 0 saturated heterocycles. The van der Waals surface area contributed by atoms with E-state index in [0.717, 1.165) is 16.1 Å². The molecule has 2 amide bonds. The molecule has 0 aliphatic carbocycles. The van der Waals surface area contributed by atoms with Gasteiger partial charge in [-0.25, -0.2) is 8.42 Å². The van der Waals surface area contributed by atoms with Crippen LogP contribution in [0.3, 0.4) is 0 Å². The number of anilines is 1. The lowest BCUT2D eigenvalue weighted by atomic mass is 10.1. The van der Waals surface area contributed by atoms with E-state index < -0.39 is 22.0 Å². The topological polar surface area (TPSA) is 86.8 Å². The van der Waals surface area contributed by atoms with Crippen LogP contribution in [0.1, 0.15) is 12.5 Å². The molecule has 0 aliphatic heterocycles. The molecule has 2 rings (SSSR count). The fourth-order valence-corrected chi connectivity index (χ4v) is 3.84. The molecule has 29 heavy (non-hydrogen) atoms. The monoisotopic (exact) mass is 417 g/mol. The fourth-order valence-electron chi connectivity index (χ4n) is 2.99. The number of para-hydroxylation sites is 1. The highest BCUT2D eigenvalue weighted by atomic mass is 32.2. The molecule has 0 aromatic heterocycles. The molecule has 156 valence electrons. The standard InChI is InChI=1S/C21H27N3O4S/c1-17(21(26)22-2)23(15-14-18-10-6-4-7-11-18)20(25)16-24(29(3,27)28)19-12-8-5-9-13-19/h4-13,17H,14-16H2,1-3H3,(H,22,26). The number of hydrogen-bond acceptors (Lipinski definition) is 4. The van der Waals surface area contributed by atoms with E-state index in [1.54, 1.807) is 37.3 Å². The van der Waals surface area contributed by atoms with Crippen LogP contribution in [0.5, 0.6) is 0 Å². The van der Waals surface area contributed by atoms with E-state index in [4.69, 9.17) is 0 Å². The van der Waals surface area contributed by atoms with Crippen LogP contribution in [-0.4, -0.2) is 57.6 Å². The first kappa shape index (κ1) is 22.4. The summed E-state index contributed by atoms with van der Waals surface area (Å²) in [5.41, 5.74) is 1.43. The fraction of sp³-hybridized carbons (Fsp3) is 0.333. The molecule has 1 unspecified atom stereocenters. The molecular weight excluding hydrogens is 390 g/mol. The summed E-state index contributed by atoms with van der Waals surface area (Å²) >= 11 is 0. The third-order valence-corrected chi connectivity index (χ3v) is 5.76. The van der Waals surface area contributed by atoms with Gasteiger partial charge in [-0.3, -0.25) is 13.9 Å². The maximum atomic E-state index is 13.1. The van der Waals surface area contributed by atoms with Gasteiger partial charge in [0.15, 0.2) is 0 Å². The lowest BCUT2D eigenvalue weighted by Crippen LogP contribution is -2.51. The van der Waals surface area contributed by atoms with E-state index in [9.17, 15) is 18.0 Å². The van der Waals surface area contributed by atoms with Crippen molar-refractivity contribution in [1.29, 1.82) is 0 Å². The van der Waals surface area contributed by atoms with Crippen molar-refractivity contribution in [3.63, 3.8) is 0 Å². The Labute approximate surface area is 172 Å². The van der Waals surface area contributed by atoms with Gasteiger partial charge in [-0.05, 0) is 31.0 Å². The van der Waals surface area contributed by atoms with Crippen LogP contribution in [0.15, 0.2) is 60.7 Å². The van der Waals surface area contributed by atoms with Gasteiger partial charge >= 0.3 is 0 Å². The second-order valence-electron chi connectivity index (χ2n) is 6.72. The Kier molecular flexibility index (Phi) is 7.78. The van der Waals surface area contributed by atoms with Crippen LogP contribution in [0.25, 0.3) is 0 Å². The summed E-state index contributed by atoms with van der Waals surface area (Å²) in [6.07, 6.45) is 1.61. The number of benzene rings is 2. The van der Waals surface area contributed by atoms with E-state index in [0.29, 0.717) is 18.7 Å². The molecule has 1 N–H and O–H groups in total. The number of likely N-dealkylation sites (N-methyl/N-ethyl adjacent to an activating group) is 1. The van der Waals surface area contributed by atoms with Crippen LogP contribution >= 0.6 is 0 Å². The molecule has 0 aliphatic rings. The zero-order valence-electron chi connectivity index (χ0n) is 16.9. The van der Waals surface area contributed by atoms with Crippen LogP contribution in [-0.2, 0) is 26.0 Å². The first-order chi connectivity index (χ1) is 13.7. The van der Waals surface area contributed by atoms with E-state index in [1.807, 2.05) is 30.3 Å². The van der Waals surface area contributed by atoms with Crippen molar-refractivity contribution in [2.24, 2.45) is 0 Å². The highest BCUT2D eigenvalue weighted by Crippen LogP contribution is 2.17. The van der Waals surface area contributed by atoms with Gasteiger partial charge in [0.1, 0.15) is 12.6 Å². The molecule has 0 bridgehead atoms. The zero-order chi connectivity index (χ0) is 21.4. The lowest BCUT2D eigenvalue weighted by Gasteiger charge is -2.31.